The lowest BCUT2D eigenvalue weighted by molar-refractivity contribution is -0.149. The largest absolute Gasteiger partial charge is 0.493 e. The number of rotatable bonds is 8. The van der Waals surface area contributed by atoms with Gasteiger partial charge in [-0.2, -0.15) is 0 Å². The van der Waals surface area contributed by atoms with Crippen LogP contribution in [0.3, 0.4) is 0 Å². The number of primary amides is 1. The Bertz CT molecular complexity index is 1080. The topological polar surface area (TPSA) is 75.9 Å². The smallest absolute Gasteiger partial charge is 0.265 e. The van der Waals surface area contributed by atoms with Crippen LogP contribution in [0.5, 0.6) is 5.75 Å². The van der Waals surface area contributed by atoms with E-state index in [0.717, 1.165) is 38.4 Å². The van der Waals surface area contributed by atoms with Gasteiger partial charge in [-0.05, 0) is 82.7 Å². The highest BCUT2D eigenvalue weighted by molar-refractivity contribution is 5.94. The average molecular weight is 534 g/mol. The predicted octanol–water partition coefficient (Wildman–Crippen LogP) is 4.45. The van der Waals surface area contributed by atoms with Gasteiger partial charge in [-0.1, -0.05) is 24.3 Å². The van der Waals surface area contributed by atoms with Gasteiger partial charge in [-0.25, -0.2) is 13.2 Å². The van der Waals surface area contributed by atoms with Gasteiger partial charge in [0, 0.05) is 19.2 Å². The van der Waals surface area contributed by atoms with Crippen molar-refractivity contribution in [2.75, 3.05) is 32.8 Å². The lowest BCUT2D eigenvalue weighted by atomic mass is 9.78. The van der Waals surface area contributed by atoms with E-state index in [9.17, 15) is 14.0 Å². The number of hydrogen-bond donors (Lipinski definition) is 1. The summed E-state index contributed by atoms with van der Waals surface area (Å²) in [6, 6.07) is 3.39. The van der Waals surface area contributed by atoms with Crippen molar-refractivity contribution in [3.05, 3.63) is 53.9 Å². The lowest BCUT2D eigenvalue weighted by Gasteiger charge is -2.40. The van der Waals surface area contributed by atoms with Crippen molar-refractivity contribution < 1.29 is 27.5 Å². The summed E-state index contributed by atoms with van der Waals surface area (Å²) < 4.78 is 51.5. The Labute approximate surface area is 222 Å². The summed E-state index contributed by atoms with van der Waals surface area (Å²) in [6.45, 7) is 5.77. The molecule has 3 unspecified atom stereocenters. The molecule has 6 nitrogen and oxygen atoms in total. The maximum absolute atomic E-state index is 16.4. The van der Waals surface area contributed by atoms with E-state index in [0.29, 0.717) is 31.7 Å². The van der Waals surface area contributed by atoms with E-state index in [1.165, 1.54) is 29.2 Å². The highest BCUT2D eigenvalue weighted by Crippen LogP contribution is 2.41. The molecular formula is C29H38F3N3O3. The molecule has 2 heterocycles. The van der Waals surface area contributed by atoms with Crippen molar-refractivity contribution in [3.63, 3.8) is 0 Å². The van der Waals surface area contributed by atoms with Crippen molar-refractivity contribution in [3.8, 4) is 5.75 Å². The molecule has 3 aliphatic rings. The molecule has 0 aromatic heterocycles. The Morgan fingerprint density at radius 3 is 2.53 bits per heavy atom. The second kappa shape index (κ2) is 11.5. The number of carbonyl (C=O) groups excluding carboxylic acids is 2. The first kappa shape index (κ1) is 28.2. The number of hydrogen-bond acceptors (Lipinski definition) is 4. The van der Waals surface area contributed by atoms with E-state index in [4.69, 9.17) is 10.5 Å². The molecule has 1 aliphatic carbocycles. The summed E-state index contributed by atoms with van der Waals surface area (Å²) in [6.07, 6.45) is 9.08. The van der Waals surface area contributed by atoms with Crippen LogP contribution in [0.4, 0.5) is 13.2 Å². The Kier molecular flexibility index (Phi) is 8.55. The van der Waals surface area contributed by atoms with Gasteiger partial charge in [0.2, 0.25) is 11.6 Å². The summed E-state index contributed by atoms with van der Waals surface area (Å²) in [5.41, 5.74) is 1.74. The monoisotopic (exact) mass is 533 g/mol. The Hall–Kier alpha value is -2.81. The highest BCUT2D eigenvalue weighted by atomic mass is 19.1. The molecule has 208 valence electrons. The number of nitrogens with two attached hydrogens (primary N) is 1. The van der Waals surface area contributed by atoms with Gasteiger partial charge >= 0.3 is 0 Å². The molecule has 2 saturated heterocycles. The van der Waals surface area contributed by atoms with Gasteiger partial charge in [0.05, 0.1) is 12.5 Å². The summed E-state index contributed by atoms with van der Waals surface area (Å²) in [7, 11) is 0. The first-order valence-corrected chi connectivity index (χ1v) is 13.5. The highest BCUT2D eigenvalue weighted by Gasteiger charge is 2.50. The molecule has 3 atom stereocenters. The molecule has 2 fully saturated rings. The van der Waals surface area contributed by atoms with Crippen LogP contribution in [0, 0.1) is 11.7 Å². The van der Waals surface area contributed by atoms with Gasteiger partial charge in [0.1, 0.15) is 23.3 Å². The van der Waals surface area contributed by atoms with E-state index in [-0.39, 0.29) is 18.0 Å². The fraction of sp³-hybridized carbons (Fsp3) is 0.586. The molecule has 0 bridgehead atoms. The molecule has 0 radical (unpaired) electrons. The zero-order valence-electron chi connectivity index (χ0n) is 22.2. The quantitative estimate of drug-likeness (QED) is 0.536. The number of allylic oxidation sites excluding steroid dienone is 3. The zero-order valence-corrected chi connectivity index (χ0v) is 22.2. The third-order valence-corrected chi connectivity index (χ3v) is 7.73. The number of amides is 2. The van der Waals surface area contributed by atoms with Crippen LogP contribution in [0.15, 0.2) is 42.5 Å². The Morgan fingerprint density at radius 1 is 1.13 bits per heavy atom. The third-order valence-electron chi connectivity index (χ3n) is 7.73. The number of ether oxygens (including phenoxy) is 1. The summed E-state index contributed by atoms with van der Waals surface area (Å²) in [5, 5.41) is 0. The first-order valence-electron chi connectivity index (χ1n) is 13.5. The fourth-order valence-corrected chi connectivity index (χ4v) is 5.75. The molecule has 4 rings (SSSR count). The SMILES string of the molecule is CC(C)(F)CN1CCC(COc2ccc(C3C=CC=CC3(F)C(=O)N3CCCCC3C(N)=O)c(F)c2)CC1. The van der Waals surface area contributed by atoms with E-state index in [1.807, 2.05) is 0 Å². The van der Waals surface area contributed by atoms with Crippen molar-refractivity contribution in [1.82, 2.24) is 9.80 Å². The van der Waals surface area contributed by atoms with Crippen LogP contribution in [0.2, 0.25) is 0 Å². The minimum absolute atomic E-state index is 0.0311. The van der Waals surface area contributed by atoms with Gasteiger partial charge in [0.25, 0.3) is 5.91 Å². The number of carbonyl (C=O) groups is 2. The van der Waals surface area contributed by atoms with Crippen LogP contribution in [-0.4, -0.2) is 71.8 Å². The van der Waals surface area contributed by atoms with Crippen LogP contribution in [0.1, 0.15) is 57.4 Å². The molecule has 2 amide bonds. The number of piperidine rings is 2. The molecule has 9 heteroatoms. The van der Waals surface area contributed by atoms with Crippen molar-refractivity contribution in [2.24, 2.45) is 11.7 Å². The first-order chi connectivity index (χ1) is 18.0. The number of halogens is 3. The fourth-order valence-electron chi connectivity index (χ4n) is 5.75. The van der Waals surface area contributed by atoms with Crippen molar-refractivity contribution in [1.29, 1.82) is 0 Å². The third kappa shape index (κ3) is 6.42. The minimum atomic E-state index is -2.55. The number of likely N-dealkylation sites (tertiary alicyclic amines) is 2. The van der Waals surface area contributed by atoms with E-state index < -0.39 is 40.9 Å². The minimum Gasteiger partial charge on any atom is -0.493 e. The standard InChI is InChI=1S/C29H38F3N3O3/c1-28(2,31)19-34-15-11-20(12-16-34)18-38-21-9-10-22(24(30)17-21)23-7-3-5-13-29(23,32)27(37)35-14-6-4-8-25(35)26(33)36/h3,5,7,9-10,13,17,20,23,25H,4,6,8,11-12,14-16,18-19H2,1-2H3,(H2,33,36). The Balaban J connectivity index is 1.42. The van der Waals surface area contributed by atoms with Crippen LogP contribution in [-0.2, 0) is 9.59 Å². The molecule has 2 aliphatic heterocycles. The van der Waals surface area contributed by atoms with E-state index in [2.05, 4.69) is 4.90 Å². The number of benzene rings is 1. The lowest BCUT2D eigenvalue weighted by Crippen LogP contribution is -2.57. The molecule has 1 aromatic carbocycles. The number of nitrogens with zero attached hydrogens (tertiary/aromatic N) is 2. The molecule has 0 saturated carbocycles. The molecule has 2 N–H and O–H groups in total. The molecule has 38 heavy (non-hydrogen) atoms. The van der Waals surface area contributed by atoms with Gasteiger partial charge in [0.15, 0.2) is 0 Å². The normalized spacial score (nSPS) is 26.9. The second-order valence-electron chi connectivity index (χ2n) is 11.3. The van der Waals surface area contributed by atoms with Gasteiger partial charge < -0.3 is 20.3 Å². The average Bonchev–Trinajstić information content (AvgIpc) is 2.87. The van der Waals surface area contributed by atoms with Crippen molar-refractivity contribution in [2.45, 2.75) is 69.2 Å². The number of alkyl halides is 2. The summed E-state index contributed by atoms with van der Waals surface area (Å²) in [5.74, 6) is -2.82. The predicted molar refractivity (Wildman–Crippen MR) is 140 cm³/mol. The Morgan fingerprint density at radius 2 is 1.87 bits per heavy atom. The summed E-state index contributed by atoms with van der Waals surface area (Å²) in [4.78, 5) is 28.7. The van der Waals surface area contributed by atoms with Gasteiger partial charge in [-0.3, -0.25) is 9.59 Å². The molecule has 1 aromatic rings. The molecule has 0 spiro atoms. The zero-order chi connectivity index (χ0) is 27.5. The summed E-state index contributed by atoms with van der Waals surface area (Å²) >= 11 is 0. The van der Waals surface area contributed by atoms with E-state index >= 15 is 8.78 Å². The van der Waals surface area contributed by atoms with Gasteiger partial charge in [-0.15, -0.1) is 0 Å². The van der Waals surface area contributed by atoms with Crippen LogP contribution >= 0.6 is 0 Å². The second-order valence-corrected chi connectivity index (χ2v) is 11.3. The van der Waals surface area contributed by atoms with E-state index in [1.54, 1.807) is 26.0 Å². The van der Waals surface area contributed by atoms with Crippen LogP contribution in [0.25, 0.3) is 0 Å². The maximum Gasteiger partial charge on any atom is 0.265 e. The van der Waals surface area contributed by atoms with Crippen LogP contribution < -0.4 is 10.5 Å². The maximum atomic E-state index is 16.4. The molecular weight excluding hydrogens is 495 g/mol. The van der Waals surface area contributed by atoms with Crippen molar-refractivity contribution >= 4 is 11.8 Å².